The Morgan fingerprint density at radius 1 is 1.50 bits per heavy atom. The molecule has 0 aliphatic heterocycles. The van der Waals surface area contributed by atoms with Gasteiger partial charge in [-0.25, -0.2) is 0 Å². The first-order valence-electron chi connectivity index (χ1n) is 6.07. The first-order valence-corrected chi connectivity index (χ1v) is 6.07. The second-order valence-corrected chi connectivity index (χ2v) is 4.59. The van der Waals surface area contributed by atoms with Crippen LogP contribution in [-0.2, 0) is 13.0 Å². The predicted octanol–water partition coefficient (Wildman–Crippen LogP) is 1.86. The molecule has 1 unspecified atom stereocenters. The van der Waals surface area contributed by atoms with Crippen molar-refractivity contribution < 1.29 is 9.63 Å². The number of benzene rings is 1. The molecule has 2 N–H and O–H groups in total. The summed E-state index contributed by atoms with van der Waals surface area (Å²) in [5, 5.41) is 16.6. The van der Waals surface area contributed by atoms with Crippen LogP contribution in [0.4, 0.5) is 0 Å². The number of nitrogens with zero attached hydrogens (tertiary/aromatic N) is 2. The molecule has 5 heteroatoms. The number of aromatic hydroxyl groups is 1. The van der Waals surface area contributed by atoms with E-state index in [1.165, 1.54) is 11.1 Å². The van der Waals surface area contributed by atoms with Gasteiger partial charge in [0, 0.05) is 6.04 Å². The Morgan fingerprint density at radius 3 is 3.17 bits per heavy atom. The average Bonchev–Trinajstić information content (AvgIpc) is 2.92. The molecule has 18 heavy (non-hydrogen) atoms. The Bertz CT molecular complexity index is 565. The molecule has 0 radical (unpaired) electrons. The van der Waals surface area contributed by atoms with Crippen LogP contribution in [0.15, 0.2) is 22.7 Å². The van der Waals surface area contributed by atoms with Crippen LogP contribution < -0.4 is 5.32 Å². The van der Waals surface area contributed by atoms with Gasteiger partial charge in [-0.3, -0.25) is 0 Å². The lowest BCUT2D eigenvalue weighted by Crippen LogP contribution is -2.18. The van der Waals surface area contributed by atoms with Gasteiger partial charge in [0.1, 0.15) is 5.75 Å². The van der Waals surface area contributed by atoms with E-state index < -0.39 is 0 Å². The lowest BCUT2D eigenvalue weighted by atomic mass is 10.1. The molecule has 1 atom stereocenters. The molecule has 94 valence electrons. The molecule has 1 aromatic heterocycles. The minimum atomic E-state index is 0.299. The van der Waals surface area contributed by atoms with Crippen molar-refractivity contribution in [2.24, 2.45) is 0 Å². The molecule has 0 saturated heterocycles. The second-order valence-electron chi connectivity index (χ2n) is 4.59. The highest BCUT2D eigenvalue weighted by atomic mass is 16.5. The summed E-state index contributed by atoms with van der Waals surface area (Å²) >= 11 is 0. The van der Waals surface area contributed by atoms with E-state index >= 15 is 0 Å². The molecule has 1 heterocycles. The zero-order chi connectivity index (χ0) is 12.5. The standard InChI is InChI=1S/C13H15N3O2/c1-8-15-13(18-16-8)7-14-12-5-2-9-6-10(17)3-4-11(9)12/h3-4,6,12,14,17H,2,5,7H2,1H3. The average molecular weight is 245 g/mol. The van der Waals surface area contributed by atoms with E-state index in [4.69, 9.17) is 4.52 Å². The third-order valence-corrected chi connectivity index (χ3v) is 3.27. The van der Waals surface area contributed by atoms with Gasteiger partial charge in [-0.05, 0) is 43.0 Å². The van der Waals surface area contributed by atoms with Crippen molar-refractivity contribution in [2.75, 3.05) is 0 Å². The molecule has 5 nitrogen and oxygen atoms in total. The van der Waals surface area contributed by atoms with Gasteiger partial charge in [0.2, 0.25) is 5.89 Å². The Labute approximate surface area is 105 Å². The van der Waals surface area contributed by atoms with Gasteiger partial charge in [-0.2, -0.15) is 4.98 Å². The number of phenols is 1. The van der Waals surface area contributed by atoms with E-state index in [-0.39, 0.29) is 0 Å². The van der Waals surface area contributed by atoms with Gasteiger partial charge in [0.05, 0.1) is 6.54 Å². The Balaban J connectivity index is 1.69. The number of hydrogen-bond donors (Lipinski definition) is 2. The molecule has 3 rings (SSSR count). The van der Waals surface area contributed by atoms with E-state index in [9.17, 15) is 5.11 Å². The highest BCUT2D eigenvalue weighted by Crippen LogP contribution is 2.33. The SMILES string of the molecule is Cc1noc(CNC2CCc3cc(O)ccc32)n1. The van der Waals surface area contributed by atoms with Gasteiger partial charge in [-0.15, -0.1) is 0 Å². The maximum absolute atomic E-state index is 9.44. The fourth-order valence-electron chi connectivity index (χ4n) is 2.44. The third-order valence-electron chi connectivity index (χ3n) is 3.27. The van der Waals surface area contributed by atoms with Crippen molar-refractivity contribution >= 4 is 0 Å². The van der Waals surface area contributed by atoms with Crippen molar-refractivity contribution in [1.29, 1.82) is 0 Å². The third kappa shape index (κ3) is 2.09. The van der Waals surface area contributed by atoms with Crippen molar-refractivity contribution in [1.82, 2.24) is 15.5 Å². The Morgan fingerprint density at radius 2 is 2.39 bits per heavy atom. The molecule has 0 fully saturated rings. The van der Waals surface area contributed by atoms with E-state index in [1.807, 2.05) is 12.1 Å². The van der Waals surface area contributed by atoms with Crippen LogP contribution in [0.3, 0.4) is 0 Å². The summed E-state index contributed by atoms with van der Waals surface area (Å²) < 4.78 is 5.07. The van der Waals surface area contributed by atoms with Gasteiger partial charge < -0.3 is 14.9 Å². The van der Waals surface area contributed by atoms with Crippen molar-refractivity contribution in [3.05, 3.63) is 41.0 Å². The van der Waals surface area contributed by atoms with E-state index in [2.05, 4.69) is 15.5 Å². The smallest absolute Gasteiger partial charge is 0.240 e. The van der Waals surface area contributed by atoms with Crippen molar-refractivity contribution in [3.8, 4) is 5.75 Å². The maximum Gasteiger partial charge on any atom is 0.240 e. The lowest BCUT2D eigenvalue weighted by molar-refractivity contribution is 0.354. The van der Waals surface area contributed by atoms with Crippen LogP contribution >= 0.6 is 0 Å². The second kappa shape index (κ2) is 4.42. The molecule has 1 aliphatic carbocycles. The van der Waals surface area contributed by atoms with Crippen LogP contribution in [0, 0.1) is 6.92 Å². The van der Waals surface area contributed by atoms with Crippen LogP contribution in [0.2, 0.25) is 0 Å². The van der Waals surface area contributed by atoms with E-state index in [1.54, 1.807) is 13.0 Å². The quantitative estimate of drug-likeness (QED) is 0.863. The van der Waals surface area contributed by atoms with Crippen molar-refractivity contribution in [2.45, 2.75) is 32.4 Å². The molecule has 1 aromatic carbocycles. The number of aromatic nitrogens is 2. The van der Waals surface area contributed by atoms with Crippen LogP contribution in [0.25, 0.3) is 0 Å². The maximum atomic E-state index is 9.44. The Hall–Kier alpha value is -1.88. The normalized spacial score (nSPS) is 17.9. The summed E-state index contributed by atoms with van der Waals surface area (Å²) in [5.74, 6) is 1.60. The fourth-order valence-corrected chi connectivity index (χ4v) is 2.44. The summed E-state index contributed by atoms with van der Waals surface area (Å²) in [4.78, 5) is 4.16. The molecule has 0 saturated carbocycles. The minimum Gasteiger partial charge on any atom is -0.508 e. The fraction of sp³-hybridized carbons (Fsp3) is 0.385. The summed E-state index contributed by atoms with van der Waals surface area (Å²) in [7, 11) is 0. The highest BCUT2D eigenvalue weighted by molar-refractivity contribution is 5.39. The van der Waals surface area contributed by atoms with Crippen LogP contribution in [0.1, 0.15) is 35.3 Å². The van der Waals surface area contributed by atoms with Gasteiger partial charge in [0.25, 0.3) is 0 Å². The number of phenolic OH excluding ortho intramolecular Hbond substituents is 1. The molecule has 2 aromatic rings. The van der Waals surface area contributed by atoms with E-state index in [0.29, 0.717) is 30.1 Å². The molecular formula is C13H15N3O2. The van der Waals surface area contributed by atoms with Gasteiger partial charge in [0.15, 0.2) is 5.82 Å². The topological polar surface area (TPSA) is 71.2 Å². The zero-order valence-corrected chi connectivity index (χ0v) is 10.2. The lowest BCUT2D eigenvalue weighted by Gasteiger charge is -2.12. The zero-order valence-electron chi connectivity index (χ0n) is 10.2. The monoisotopic (exact) mass is 245 g/mol. The van der Waals surface area contributed by atoms with Crippen LogP contribution in [0.5, 0.6) is 5.75 Å². The van der Waals surface area contributed by atoms with Crippen LogP contribution in [-0.4, -0.2) is 15.2 Å². The number of aryl methyl sites for hydroxylation is 2. The molecule has 0 amide bonds. The minimum absolute atomic E-state index is 0.299. The number of fused-ring (bicyclic) bond motifs is 1. The van der Waals surface area contributed by atoms with Crippen molar-refractivity contribution in [3.63, 3.8) is 0 Å². The van der Waals surface area contributed by atoms with E-state index in [0.717, 1.165) is 12.8 Å². The number of nitrogens with one attached hydrogen (secondary N) is 1. The summed E-state index contributed by atoms with van der Waals surface area (Å²) in [6.07, 6.45) is 2.02. The highest BCUT2D eigenvalue weighted by Gasteiger charge is 2.22. The van der Waals surface area contributed by atoms with Gasteiger partial charge >= 0.3 is 0 Å². The molecular weight excluding hydrogens is 230 g/mol. The first kappa shape index (κ1) is 11.2. The number of rotatable bonds is 3. The molecule has 1 aliphatic rings. The number of hydrogen-bond acceptors (Lipinski definition) is 5. The summed E-state index contributed by atoms with van der Waals surface area (Å²) in [6.45, 7) is 2.38. The largest absolute Gasteiger partial charge is 0.508 e. The first-order chi connectivity index (χ1) is 8.72. The Kier molecular flexibility index (Phi) is 2.76. The molecule has 0 bridgehead atoms. The molecule has 0 spiro atoms. The van der Waals surface area contributed by atoms with Gasteiger partial charge in [-0.1, -0.05) is 11.2 Å². The summed E-state index contributed by atoms with van der Waals surface area (Å²) in [5.41, 5.74) is 2.47. The summed E-state index contributed by atoms with van der Waals surface area (Å²) in [6, 6.07) is 5.85. The predicted molar refractivity (Wildman–Crippen MR) is 65.0 cm³/mol.